The Labute approximate surface area is 83.1 Å². The number of ether oxygens (including phenoxy) is 1. The highest BCUT2D eigenvalue weighted by Gasteiger charge is 2.27. The van der Waals surface area contributed by atoms with Crippen molar-refractivity contribution in [3.63, 3.8) is 0 Å². The minimum Gasteiger partial charge on any atom is -0.381 e. The van der Waals surface area contributed by atoms with E-state index in [-0.39, 0.29) is 5.41 Å². The lowest BCUT2D eigenvalue weighted by Gasteiger charge is -2.33. The van der Waals surface area contributed by atoms with Crippen molar-refractivity contribution in [1.82, 2.24) is 5.32 Å². The first-order valence-electron chi connectivity index (χ1n) is 5.35. The fourth-order valence-corrected chi connectivity index (χ4v) is 1.17. The second kappa shape index (κ2) is 6.39. The fraction of sp³-hybridized carbons (Fsp3) is 1.00. The van der Waals surface area contributed by atoms with Gasteiger partial charge in [-0.1, -0.05) is 27.7 Å². The minimum absolute atomic E-state index is 0.270. The van der Waals surface area contributed by atoms with Crippen LogP contribution < -0.4 is 5.32 Å². The standard InChI is InChI=1S/C11H25NO/c1-6-12-8-11(5,10(3)4)9-13-7-2/h10,12H,6-9H2,1-5H3. The molecule has 0 heterocycles. The molecule has 1 atom stereocenters. The van der Waals surface area contributed by atoms with E-state index in [0.717, 1.165) is 26.3 Å². The minimum atomic E-state index is 0.270. The van der Waals surface area contributed by atoms with Crippen LogP contribution in [-0.2, 0) is 4.74 Å². The third-order valence-corrected chi connectivity index (χ3v) is 2.81. The Kier molecular flexibility index (Phi) is 6.35. The molecule has 2 nitrogen and oxygen atoms in total. The van der Waals surface area contributed by atoms with Gasteiger partial charge in [0.2, 0.25) is 0 Å². The molecule has 0 aliphatic carbocycles. The molecule has 0 aliphatic rings. The molecule has 0 rings (SSSR count). The lowest BCUT2D eigenvalue weighted by Crippen LogP contribution is -2.39. The van der Waals surface area contributed by atoms with E-state index in [1.165, 1.54) is 0 Å². The molecule has 0 aromatic carbocycles. The fourth-order valence-electron chi connectivity index (χ4n) is 1.17. The zero-order valence-corrected chi connectivity index (χ0v) is 9.81. The van der Waals surface area contributed by atoms with Crippen molar-refractivity contribution >= 4 is 0 Å². The highest BCUT2D eigenvalue weighted by Crippen LogP contribution is 2.26. The van der Waals surface area contributed by atoms with E-state index in [9.17, 15) is 0 Å². The summed E-state index contributed by atoms with van der Waals surface area (Å²) in [4.78, 5) is 0. The van der Waals surface area contributed by atoms with E-state index in [0.29, 0.717) is 5.92 Å². The van der Waals surface area contributed by atoms with Gasteiger partial charge in [-0.2, -0.15) is 0 Å². The van der Waals surface area contributed by atoms with Gasteiger partial charge in [0.15, 0.2) is 0 Å². The van der Waals surface area contributed by atoms with Gasteiger partial charge in [0.05, 0.1) is 6.61 Å². The molecule has 0 fully saturated rings. The lowest BCUT2D eigenvalue weighted by atomic mass is 9.80. The van der Waals surface area contributed by atoms with Gasteiger partial charge in [-0.05, 0) is 19.4 Å². The van der Waals surface area contributed by atoms with Crippen LogP contribution in [-0.4, -0.2) is 26.3 Å². The average Bonchev–Trinajstić information content (AvgIpc) is 2.11. The monoisotopic (exact) mass is 187 g/mol. The van der Waals surface area contributed by atoms with Gasteiger partial charge in [0.1, 0.15) is 0 Å². The largest absolute Gasteiger partial charge is 0.381 e. The highest BCUT2D eigenvalue weighted by atomic mass is 16.5. The molecule has 2 heteroatoms. The molecule has 0 bridgehead atoms. The van der Waals surface area contributed by atoms with Crippen LogP contribution in [0.3, 0.4) is 0 Å². The third kappa shape index (κ3) is 4.63. The summed E-state index contributed by atoms with van der Waals surface area (Å²) in [5.41, 5.74) is 0.270. The van der Waals surface area contributed by atoms with Gasteiger partial charge in [-0.25, -0.2) is 0 Å². The van der Waals surface area contributed by atoms with E-state index in [1.54, 1.807) is 0 Å². The Morgan fingerprint density at radius 3 is 2.31 bits per heavy atom. The Bertz CT molecular complexity index is 115. The van der Waals surface area contributed by atoms with Crippen molar-refractivity contribution < 1.29 is 4.74 Å². The smallest absolute Gasteiger partial charge is 0.0534 e. The maximum atomic E-state index is 5.52. The first kappa shape index (κ1) is 12.9. The maximum absolute atomic E-state index is 5.52. The van der Waals surface area contributed by atoms with Crippen LogP contribution in [0.5, 0.6) is 0 Å². The van der Waals surface area contributed by atoms with Crippen LogP contribution in [0.2, 0.25) is 0 Å². The summed E-state index contributed by atoms with van der Waals surface area (Å²) >= 11 is 0. The molecular formula is C11H25NO. The molecule has 0 spiro atoms. The van der Waals surface area contributed by atoms with E-state index >= 15 is 0 Å². The molecule has 0 saturated heterocycles. The van der Waals surface area contributed by atoms with Crippen LogP contribution >= 0.6 is 0 Å². The lowest BCUT2D eigenvalue weighted by molar-refractivity contribution is 0.0330. The van der Waals surface area contributed by atoms with E-state index < -0.39 is 0 Å². The van der Waals surface area contributed by atoms with Gasteiger partial charge in [0, 0.05) is 18.6 Å². The topological polar surface area (TPSA) is 21.3 Å². The predicted molar refractivity (Wildman–Crippen MR) is 58.0 cm³/mol. The summed E-state index contributed by atoms with van der Waals surface area (Å²) in [7, 11) is 0. The van der Waals surface area contributed by atoms with Crippen LogP contribution in [0.15, 0.2) is 0 Å². The second-order valence-corrected chi connectivity index (χ2v) is 4.23. The van der Waals surface area contributed by atoms with Crippen molar-refractivity contribution in [3.05, 3.63) is 0 Å². The molecule has 0 aliphatic heterocycles. The summed E-state index contributed by atoms with van der Waals surface area (Å²) in [6.45, 7) is 14.7. The Morgan fingerprint density at radius 2 is 1.92 bits per heavy atom. The van der Waals surface area contributed by atoms with Crippen molar-refractivity contribution in [2.75, 3.05) is 26.3 Å². The molecule has 1 N–H and O–H groups in total. The molecule has 0 aromatic heterocycles. The van der Waals surface area contributed by atoms with Crippen LogP contribution in [0, 0.1) is 11.3 Å². The van der Waals surface area contributed by atoms with Crippen molar-refractivity contribution in [3.8, 4) is 0 Å². The Balaban J connectivity index is 4.00. The van der Waals surface area contributed by atoms with Crippen LogP contribution in [0.4, 0.5) is 0 Å². The third-order valence-electron chi connectivity index (χ3n) is 2.81. The zero-order chi connectivity index (χ0) is 10.3. The van der Waals surface area contributed by atoms with E-state index in [4.69, 9.17) is 4.74 Å². The predicted octanol–water partition coefficient (Wildman–Crippen LogP) is 2.29. The first-order chi connectivity index (χ1) is 6.06. The summed E-state index contributed by atoms with van der Waals surface area (Å²) in [6.07, 6.45) is 0. The van der Waals surface area contributed by atoms with Crippen molar-refractivity contribution in [2.45, 2.75) is 34.6 Å². The first-order valence-corrected chi connectivity index (χ1v) is 5.35. The Hall–Kier alpha value is -0.0800. The van der Waals surface area contributed by atoms with Gasteiger partial charge in [-0.3, -0.25) is 0 Å². The van der Waals surface area contributed by atoms with E-state index in [2.05, 4.69) is 33.0 Å². The number of hydrogen-bond donors (Lipinski definition) is 1. The van der Waals surface area contributed by atoms with Gasteiger partial charge in [0.25, 0.3) is 0 Å². The summed E-state index contributed by atoms with van der Waals surface area (Å²) in [6, 6.07) is 0. The quantitative estimate of drug-likeness (QED) is 0.660. The number of nitrogens with one attached hydrogen (secondary N) is 1. The van der Waals surface area contributed by atoms with Crippen molar-refractivity contribution in [1.29, 1.82) is 0 Å². The SMILES string of the molecule is CCNCC(C)(COCC)C(C)C. The maximum Gasteiger partial charge on any atom is 0.0534 e. The van der Waals surface area contributed by atoms with Crippen LogP contribution in [0.25, 0.3) is 0 Å². The van der Waals surface area contributed by atoms with E-state index in [1.807, 2.05) is 6.92 Å². The molecule has 1 unspecified atom stereocenters. The zero-order valence-electron chi connectivity index (χ0n) is 9.81. The molecule has 0 saturated carbocycles. The molecule has 13 heavy (non-hydrogen) atoms. The average molecular weight is 187 g/mol. The number of rotatable bonds is 7. The van der Waals surface area contributed by atoms with Crippen LogP contribution in [0.1, 0.15) is 34.6 Å². The van der Waals surface area contributed by atoms with Gasteiger partial charge >= 0.3 is 0 Å². The summed E-state index contributed by atoms with van der Waals surface area (Å²) in [5, 5.41) is 3.40. The van der Waals surface area contributed by atoms with Gasteiger partial charge < -0.3 is 10.1 Å². The number of hydrogen-bond acceptors (Lipinski definition) is 2. The van der Waals surface area contributed by atoms with Crippen molar-refractivity contribution in [2.24, 2.45) is 11.3 Å². The van der Waals surface area contributed by atoms with Gasteiger partial charge in [-0.15, -0.1) is 0 Å². The molecule has 0 aromatic rings. The highest BCUT2D eigenvalue weighted by molar-refractivity contribution is 4.79. The molecule has 80 valence electrons. The summed E-state index contributed by atoms with van der Waals surface area (Å²) < 4.78 is 5.52. The second-order valence-electron chi connectivity index (χ2n) is 4.23. The normalized spacial score (nSPS) is 16.2. The Morgan fingerprint density at radius 1 is 1.31 bits per heavy atom. The molecule has 0 amide bonds. The molecular weight excluding hydrogens is 162 g/mol. The summed E-state index contributed by atoms with van der Waals surface area (Å²) in [5.74, 6) is 0.651. The molecule has 0 radical (unpaired) electrons.